The van der Waals surface area contributed by atoms with E-state index in [0.29, 0.717) is 41.7 Å². The second-order valence-corrected chi connectivity index (χ2v) is 5.21. The fraction of sp³-hybridized carbons (Fsp3) is 0.538. The van der Waals surface area contributed by atoms with Gasteiger partial charge in [-0.1, -0.05) is 35.3 Å². The predicted octanol–water partition coefficient (Wildman–Crippen LogP) is 3.22. The molecular formula is C13H16Cl2O3. The quantitative estimate of drug-likeness (QED) is 0.929. The van der Waals surface area contributed by atoms with E-state index in [4.69, 9.17) is 32.7 Å². The smallest absolute Gasteiger partial charge is 0.110 e. The Bertz CT molecular complexity index is 417. The average Bonchev–Trinajstić information content (AvgIpc) is 2.42. The van der Waals surface area contributed by atoms with Crippen molar-refractivity contribution in [1.29, 1.82) is 0 Å². The number of methoxy groups -OCH3 is 1. The molecule has 1 saturated heterocycles. The summed E-state index contributed by atoms with van der Waals surface area (Å²) in [5.74, 6) is 0. The third kappa shape index (κ3) is 2.51. The minimum absolute atomic E-state index is 0.384. The van der Waals surface area contributed by atoms with Gasteiger partial charge in [-0.25, -0.2) is 0 Å². The highest BCUT2D eigenvalue weighted by atomic mass is 35.5. The van der Waals surface area contributed by atoms with E-state index in [1.54, 1.807) is 25.3 Å². The van der Waals surface area contributed by atoms with E-state index in [0.717, 1.165) is 0 Å². The summed E-state index contributed by atoms with van der Waals surface area (Å²) >= 11 is 12.1. The number of aliphatic hydroxyl groups is 1. The summed E-state index contributed by atoms with van der Waals surface area (Å²) < 4.78 is 10.9. The van der Waals surface area contributed by atoms with Gasteiger partial charge in [0.25, 0.3) is 0 Å². The molecule has 0 amide bonds. The lowest BCUT2D eigenvalue weighted by Gasteiger charge is -2.40. The maximum Gasteiger partial charge on any atom is 0.110 e. The number of halogens is 2. The summed E-state index contributed by atoms with van der Waals surface area (Å²) in [6.07, 6.45) is 0.457. The molecule has 1 aromatic carbocycles. The summed E-state index contributed by atoms with van der Waals surface area (Å²) in [6, 6.07) is 5.24. The van der Waals surface area contributed by atoms with Crippen molar-refractivity contribution in [1.82, 2.24) is 0 Å². The Labute approximate surface area is 117 Å². The molecule has 1 atom stereocenters. The van der Waals surface area contributed by atoms with Gasteiger partial charge in [-0.15, -0.1) is 0 Å². The summed E-state index contributed by atoms with van der Waals surface area (Å²) in [4.78, 5) is 0. The van der Waals surface area contributed by atoms with E-state index in [-0.39, 0.29) is 0 Å². The van der Waals surface area contributed by atoms with Crippen molar-refractivity contribution in [2.24, 2.45) is 0 Å². The zero-order valence-electron chi connectivity index (χ0n) is 10.2. The van der Waals surface area contributed by atoms with Crippen LogP contribution < -0.4 is 0 Å². The molecular weight excluding hydrogens is 275 g/mol. The van der Waals surface area contributed by atoms with Crippen molar-refractivity contribution in [3.05, 3.63) is 33.8 Å². The fourth-order valence-electron chi connectivity index (χ4n) is 2.32. The van der Waals surface area contributed by atoms with Gasteiger partial charge in [0, 0.05) is 38.7 Å². The third-order valence-corrected chi connectivity index (χ3v) is 4.35. The molecule has 1 fully saturated rings. The Kier molecular flexibility index (Phi) is 4.51. The third-order valence-electron chi connectivity index (χ3n) is 3.52. The van der Waals surface area contributed by atoms with Crippen molar-refractivity contribution in [2.75, 3.05) is 20.3 Å². The number of hydrogen-bond acceptors (Lipinski definition) is 3. The molecule has 1 aliphatic heterocycles. The first-order valence-electron chi connectivity index (χ1n) is 5.85. The lowest BCUT2D eigenvalue weighted by atomic mass is 9.84. The van der Waals surface area contributed by atoms with Crippen molar-refractivity contribution in [3.8, 4) is 0 Å². The van der Waals surface area contributed by atoms with Crippen molar-refractivity contribution in [3.63, 3.8) is 0 Å². The second kappa shape index (κ2) is 5.76. The van der Waals surface area contributed by atoms with Crippen LogP contribution in [0.25, 0.3) is 0 Å². The minimum Gasteiger partial charge on any atom is -0.385 e. The molecule has 3 nitrogen and oxygen atoms in total. The highest BCUT2D eigenvalue weighted by molar-refractivity contribution is 6.42. The molecule has 0 aliphatic carbocycles. The Balaban J connectivity index is 2.33. The van der Waals surface area contributed by atoms with Crippen molar-refractivity contribution >= 4 is 23.2 Å². The fourth-order valence-corrected chi connectivity index (χ4v) is 2.73. The number of hydrogen-bond donors (Lipinski definition) is 1. The molecule has 0 spiro atoms. The van der Waals surface area contributed by atoms with Gasteiger partial charge in [0.05, 0.1) is 10.0 Å². The van der Waals surface area contributed by atoms with Crippen LogP contribution in [0.2, 0.25) is 10.0 Å². The van der Waals surface area contributed by atoms with Gasteiger partial charge in [-0.2, -0.15) is 0 Å². The lowest BCUT2D eigenvalue weighted by Crippen LogP contribution is -2.43. The van der Waals surface area contributed by atoms with Gasteiger partial charge in [0.15, 0.2) is 0 Å². The number of aliphatic hydroxyl groups excluding tert-OH is 1. The monoisotopic (exact) mass is 290 g/mol. The van der Waals surface area contributed by atoms with Gasteiger partial charge in [0.2, 0.25) is 0 Å². The molecule has 1 N–H and O–H groups in total. The summed E-state index contributed by atoms with van der Waals surface area (Å²) in [5, 5.41) is 11.4. The van der Waals surface area contributed by atoms with Crippen LogP contribution in [0.3, 0.4) is 0 Å². The Morgan fingerprint density at radius 3 is 2.61 bits per heavy atom. The van der Waals surface area contributed by atoms with Crippen LogP contribution in [-0.4, -0.2) is 31.0 Å². The van der Waals surface area contributed by atoms with Crippen LogP contribution in [0, 0.1) is 0 Å². The Morgan fingerprint density at radius 1 is 1.33 bits per heavy atom. The number of ether oxygens (including phenoxy) is 2. The first kappa shape index (κ1) is 14.1. The van der Waals surface area contributed by atoms with E-state index >= 15 is 0 Å². The average molecular weight is 291 g/mol. The SMILES string of the molecule is COC1(C(O)c2cccc(Cl)c2Cl)CCOCC1. The molecule has 0 aromatic heterocycles. The standard InChI is InChI=1S/C13H16Cl2O3/c1-17-13(5-7-18-8-6-13)12(16)9-3-2-4-10(14)11(9)15/h2-4,12,16H,5-8H2,1H3. The molecule has 1 heterocycles. The minimum atomic E-state index is -0.808. The second-order valence-electron chi connectivity index (χ2n) is 4.43. The Morgan fingerprint density at radius 2 is 2.00 bits per heavy atom. The van der Waals surface area contributed by atoms with Crippen LogP contribution in [0.1, 0.15) is 24.5 Å². The van der Waals surface area contributed by atoms with E-state index in [1.807, 2.05) is 0 Å². The molecule has 18 heavy (non-hydrogen) atoms. The summed E-state index contributed by atoms with van der Waals surface area (Å²) in [7, 11) is 1.60. The van der Waals surface area contributed by atoms with Gasteiger partial charge in [-0.3, -0.25) is 0 Å². The first-order valence-corrected chi connectivity index (χ1v) is 6.61. The normalized spacial score (nSPS) is 20.7. The summed E-state index contributed by atoms with van der Waals surface area (Å²) in [6.45, 7) is 1.15. The highest BCUT2D eigenvalue weighted by Crippen LogP contribution is 2.41. The van der Waals surface area contributed by atoms with E-state index in [2.05, 4.69) is 0 Å². The topological polar surface area (TPSA) is 38.7 Å². The molecule has 0 radical (unpaired) electrons. The molecule has 1 aliphatic rings. The largest absolute Gasteiger partial charge is 0.385 e. The lowest BCUT2D eigenvalue weighted by molar-refractivity contribution is -0.154. The molecule has 1 aromatic rings. The van der Waals surface area contributed by atoms with Crippen molar-refractivity contribution < 1.29 is 14.6 Å². The molecule has 0 bridgehead atoms. The maximum absolute atomic E-state index is 10.6. The summed E-state index contributed by atoms with van der Waals surface area (Å²) in [5.41, 5.74) is -0.0417. The predicted molar refractivity (Wildman–Crippen MR) is 71.2 cm³/mol. The number of benzene rings is 1. The number of rotatable bonds is 3. The highest BCUT2D eigenvalue weighted by Gasteiger charge is 2.41. The Hall–Kier alpha value is -0.320. The van der Waals surface area contributed by atoms with Crippen LogP contribution in [-0.2, 0) is 9.47 Å². The van der Waals surface area contributed by atoms with Gasteiger partial charge in [-0.05, 0) is 6.07 Å². The molecule has 1 unspecified atom stereocenters. The van der Waals surface area contributed by atoms with Gasteiger partial charge < -0.3 is 14.6 Å². The first-order chi connectivity index (χ1) is 8.60. The van der Waals surface area contributed by atoms with Crippen LogP contribution in [0.4, 0.5) is 0 Å². The van der Waals surface area contributed by atoms with E-state index in [9.17, 15) is 5.11 Å². The van der Waals surface area contributed by atoms with Gasteiger partial charge in [0.1, 0.15) is 11.7 Å². The molecule has 100 valence electrons. The molecule has 2 rings (SSSR count). The van der Waals surface area contributed by atoms with Crippen LogP contribution >= 0.6 is 23.2 Å². The van der Waals surface area contributed by atoms with Crippen LogP contribution in [0.15, 0.2) is 18.2 Å². The zero-order valence-corrected chi connectivity index (χ0v) is 11.7. The zero-order chi connectivity index (χ0) is 13.2. The molecule has 0 saturated carbocycles. The van der Waals surface area contributed by atoms with E-state index in [1.165, 1.54) is 0 Å². The van der Waals surface area contributed by atoms with Crippen LogP contribution in [0.5, 0.6) is 0 Å². The van der Waals surface area contributed by atoms with Crippen molar-refractivity contribution in [2.45, 2.75) is 24.5 Å². The molecule has 5 heteroatoms. The van der Waals surface area contributed by atoms with Gasteiger partial charge >= 0.3 is 0 Å². The van der Waals surface area contributed by atoms with E-state index < -0.39 is 11.7 Å². The maximum atomic E-state index is 10.6.